The summed E-state index contributed by atoms with van der Waals surface area (Å²) in [6.07, 6.45) is 0. The minimum absolute atomic E-state index is 0.147. The second-order valence-corrected chi connectivity index (χ2v) is 5.54. The Bertz CT molecular complexity index is 671. The Hall–Kier alpha value is -2.27. The summed E-state index contributed by atoms with van der Waals surface area (Å²) in [5, 5.41) is 2.89. The highest BCUT2D eigenvalue weighted by molar-refractivity contribution is 8.00. The maximum absolute atomic E-state index is 12.4. The van der Waals surface area contributed by atoms with Gasteiger partial charge in [-0.05, 0) is 30.7 Å². The third-order valence-corrected chi connectivity index (χ3v) is 3.99. The number of amides is 2. The molecule has 2 amide bonds. The van der Waals surface area contributed by atoms with Gasteiger partial charge in [0.05, 0.1) is 11.3 Å². The van der Waals surface area contributed by atoms with E-state index in [1.807, 2.05) is 37.3 Å². The van der Waals surface area contributed by atoms with Gasteiger partial charge in [0.25, 0.3) is 5.91 Å². The molecular weight excluding hydrogens is 284 g/mol. The molecule has 5 heteroatoms. The van der Waals surface area contributed by atoms with Crippen LogP contribution in [0.25, 0.3) is 0 Å². The van der Waals surface area contributed by atoms with Crippen LogP contribution in [0.15, 0.2) is 53.4 Å². The number of para-hydroxylation sites is 1. The number of nitrogens with one attached hydrogen (secondary N) is 1. The summed E-state index contributed by atoms with van der Waals surface area (Å²) in [5.74, 6) is -0.458. The highest BCUT2D eigenvalue weighted by Crippen LogP contribution is 2.24. The zero-order valence-corrected chi connectivity index (χ0v) is 12.4. The molecule has 0 aliphatic carbocycles. The van der Waals surface area contributed by atoms with E-state index in [0.29, 0.717) is 5.56 Å². The fraction of sp³-hybridized carbons (Fsp3) is 0.125. The molecule has 2 aromatic carbocycles. The van der Waals surface area contributed by atoms with Crippen LogP contribution in [0.4, 0.5) is 5.69 Å². The van der Waals surface area contributed by atoms with Gasteiger partial charge in [0, 0.05) is 10.6 Å². The molecule has 4 nitrogen and oxygen atoms in total. The van der Waals surface area contributed by atoms with Crippen molar-refractivity contribution in [2.45, 2.75) is 11.8 Å². The number of aryl methyl sites for hydroxylation is 1. The average Bonchev–Trinajstić information content (AvgIpc) is 2.47. The van der Waals surface area contributed by atoms with Crippen molar-refractivity contribution >= 4 is 29.3 Å². The number of rotatable bonds is 5. The minimum Gasteiger partial charge on any atom is -0.369 e. The molecule has 21 heavy (non-hydrogen) atoms. The van der Waals surface area contributed by atoms with Crippen LogP contribution in [-0.2, 0) is 4.79 Å². The minimum atomic E-state index is -0.408. The summed E-state index contributed by atoms with van der Waals surface area (Å²) in [6.45, 7) is 1.93. The standard InChI is InChI=1S/C16H16N2O2S/c1-11-6-2-4-8-13(11)18-16(20)12-7-3-5-9-14(12)21-10-15(17)19/h2-9H,10H2,1H3,(H2,17,19)(H,18,20). The predicted octanol–water partition coefficient (Wildman–Crippen LogP) is 2.82. The van der Waals surface area contributed by atoms with E-state index in [1.165, 1.54) is 11.8 Å². The molecule has 0 spiro atoms. The monoisotopic (exact) mass is 300 g/mol. The molecule has 0 aliphatic rings. The van der Waals surface area contributed by atoms with Crippen LogP contribution in [0, 0.1) is 6.92 Å². The van der Waals surface area contributed by atoms with Crippen molar-refractivity contribution in [2.75, 3.05) is 11.1 Å². The molecule has 0 bridgehead atoms. The van der Waals surface area contributed by atoms with Crippen LogP contribution < -0.4 is 11.1 Å². The van der Waals surface area contributed by atoms with Gasteiger partial charge in [0.15, 0.2) is 0 Å². The topological polar surface area (TPSA) is 72.2 Å². The quantitative estimate of drug-likeness (QED) is 0.834. The number of hydrogen-bond acceptors (Lipinski definition) is 3. The van der Waals surface area contributed by atoms with E-state index >= 15 is 0 Å². The fourth-order valence-corrected chi connectivity index (χ4v) is 2.62. The molecule has 0 unspecified atom stereocenters. The Labute approximate surface area is 127 Å². The fourth-order valence-electron chi connectivity index (χ4n) is 1.83. The molecule has 0 aromatic heterocycles. The van der Waals surface area contributed by atoms with Crippen molar-refractivity contribution in [3.05, 3.63) is 59.7 Å². The number of primary amides is 1. The van der Waals surface area contributed by atoms with E-state index in [9.17, 15) is 9.59 Å². The zero-order valence-electron chi connectivity index (χ0n) is 11.6. The van der Waals surface area contributed by atoms with Gasteiger partial charge in [-0.25, -0.2) is 0 Å². The molecule has 2 aromatic rings. The highest BCUT2D eigenvalue weighted by atomic mass is 32.2. The van der Waals surface area contributed by atoms with Crippen molar-refractivity contribution in [1.29, 1.82) is 0 Å². The number of carbonyl (C=O) groups excluding carboxylic acids is 2. The Kier molecular flexibility index (Phi) is 5.00. The van der Waals surface area contributed by atoms with Crippen molar-refractivity contribution < 1.29 is 9.59 Å². The molecule has 0 radical (unpaired) electrons. The molecule has 0 saturated carbocycles. The van der Waals surface area contributed by atoms with Gasteiger partial charge in [0.1, 0.15) is 0 Å². The van der Waals surface area contributed by atoms with Gasteiger partial charge in [-0.1, -0.05) is 30.3 Å². The van der Waals surface area contributed by atoms with Gasteiger partial charge in [-0.3, -0.25) is 9.59 Å². The first-order valence-electron chi connectivity index (χ1n) is 6.45. The zero-order chi connectivity index (χ0) is 15.2. The van der Waals surface area contributed by atoms with E-state index in [1.54, 1.807) is 18.2 Å². The number of hydrogen-bond donors (Lipinski definition) is 2. The van der Waals surface area contributed by atoms with Crippen molar-refractivity contribution in [3.63, 3.8) is 0 Å². The van der Waals surface area contributed by atoms with Gasteiger partial charge >= 0.3 is 0 Å². The normalized spacial score (nSPS) is 10.1. The molecule has 0 atom stereocenters. The highest BCUT2D eigenvalue weighted by Gasteiger charge is 2.13. The largest absolute Gasteiger partial charge is 0.369 e. The smallest absolute Gasteiger partial charge is 0.256 e. The Morgan fingerprint density at radius 3 is 2.48 bits per heavy atom. The number of thioether (sulfide) groups is 1. The Morgan fingerprint density at radius 1 is 1.10 bits per heavy atom. The average molecular weight is 300 g/mol. The first-order chi connectivity index (χ1) is 10.1. The molecule has 0 aliphatic heterocycles. The summed E-state index contributed by atoms with van der Waals surface area (Å²) in [5.41, 5.74) is 7.45. The van der Waals surface area contributed by atoms with Gasteiger partial charge < -0.3 is 11.1 Å². The summed E-state index contributed by atoms with van der Waals surface area (Å²) >= 11 is 1.26. The van der Waals surface area contributed by atoms with Crippen LogP contribution in [0.1, 0.15) is 15.9 Å². The van der Waals surface area contributed by atoms with Crippen LogP contribution in [0.3, 0.4) is 0 Å². The lowest BCUT2D eigenvalue weighted by molar-refractivity contribution is -0.115. The Morgan fingerprint density at radius 2 is 1.76 bits per heavy atom. The van der Waals surface area contributed by atoms with Gasteiger partial charge in [-0.15, -0.1) is 11.8 Å². The predicted molar refractivity (Wildman–Crippen MR) is 85.5 cm³/mol. The van der Waals surface area contributed by atoms with E-state index in [4.69, 9.17) is 5.73 Å². The van der Waals surface area contributed by atoms with Crippen molar-refractivity contribution in [2.24, 2.45) is 5.73 Å². The third-order valence-electron chi connectivity index (χ3n) is 2.89. The number of carbonyl (C=O) groups is 2. The van der Waals surface area contributed by atoms with Crippen LogP contribution >= 0.6 is 11.8 Å². The summed E-state index contributed by atoms with van der Waals surface area (Å²) in [4.78, 5) is 24.0. The molecule has 0 fully saturated rings. The van der Waals surface area contributed by atoms with E-state index in [2.05, 4.69) is 5.32 Å². The van der Waals surface area contributed by atoms with Crippen molar-refractivity contribution in [3.8, 4) is 0 Å². The van der Waals surface area contributed by atoms with Crippen LogP contribution in [0.2, 0.25) is 0 Å². The van der Waals surface area contributed by atoms with Crippen molar-refractivity contribution in [1.82, 2.24) is 0 Å². The van der Waals surface area contributed by atoms with Crippen LogP contribution in [0.5, 0.6) is 0 Å². The number of anilines is 1. The summed E-state index contributed by atoms with van der Waals surface area (Å²) < 4.78 is 0. The molecule has 2 rings (SSSR count). The number of nitrogens with two attached hydrogens (primary N) is 1. The molecule has 108 valence electrons. The molecule has 0 heterocycles. The maximum atomic E-state index is 12.4. The van der Waals surface area contributed by atoms with E-state index in [0.717, 1.165) is 16.1 Å². The molecule has 3 N–H and O–H groups in total. The lowest BCUT2D eigenvalue weighted by Crippen LogP contribution is -2.16. The second kappa shape index (κ2) is 6.95. The summed E-state index contributed by atoms with van der Waals surface area (Å²) in [6, 6.07) is 14.7. The number of benzene rings is 2. The lowest BCUT2D eigenvalue weighted by Gasteiger charge is -2.11. The lowest BCUT2D eigenvalue weighted by atomic mass is 10.1. The molecular formula is C16H16N2O2S. The summed E-state index contributed by atoms with van der Waals surface area (Å²) in [7, 11) is 0. The third kappa shape index (κ3) is 4.10. The molecule has 0 saturated heterocycles. The van der Waals surface area contributed by atoms with Gasteiger partial charge in [-0.2, -0.15) is 0 Å². The van der Waals surface area contributed by atoms with E-state index < -0.39 is 5.91 Å². The van der Waals surface area contributed by atoms with Gasteiger partial charge in [0.2, 0.25) is 5.91 Å². The maximum Gasteiger partial charge on any atom is 0.256 e. The van der Waals surface area contributed by atoms with E-state index in [-0.39, 0.29) is 11.7 Å². The first kappa shape index (κ1) is 15.1. The van der Waals surface area contributed by atoms with Crippen LogP contribution in [-0.4, -0.2) is 17.6 Å². The Balaban J connectivity index is 2.19. The SMILES string of the molecule is Cc1ccccc1NC(=O)c1ccccc1SCC(N)=O. The second-order valence-electron chi connectivity index (χ2n) is 4.52. The first-order valence-corrected chi connectivity index (χ1v) is 7.43.